The minimum absolute atomic E-state index is 0.0428. The Kier molecular flexibility index (Phi) is 6.83. The Morgan fingerprint density at radius 2 is 1.76 bits per heavy atom. The van der Waals surface area contributed by atoms with Crippen LogP contribution in [0.1, 0.15) is 19.4 Å². The van der Waals surface area contributed by atoms with Crippen LogP contribution >= 0.6 is 0 Å². The largest absolute Gasteiger partial charge is 0.490 e. The molecule has 170 valence electrons. The summed E-state index contributed by atoms with van der Waals surface area (Å²) in [6.07, 6.45) is 0.139. The number of aliphatic hydroxyl groups excluding tert-OH is 1. The fourth-order valence-electron chi connectivity index (χ4n) is 4.02. The lowest BCUT2D eigenvalue weighted by molar-refractivity contribution is 0.0996. The lowest BCUT2D eigenvalue weighted by atomic mass is 9.94. The Bertz CT molecular complexity index is 1260. The van der Waals surface area contributed by atoms with Gasteiger partial charge in [0, 0.05) is 28.4 Å². The summed E-state index contributed by atoms with van der Waals surface area (Å²) in [6, 6.07) is 23.8. The number of benzene rings is 3. The highest BCUT2D eigenvalue weighted by Crippen LogP contribution is 2.33. The number of fused-ring (bicyclic) bond motifs is 3. The minimum Gasteiger partial charge on any atom is -0.490 e. The van der Waals surface area contributed by atoms with E-state index in [1.165, 1.54) is 0 Å². The first-order chi connectivity index (χ1) is 15.9. The number of hydrogen-bond donors (Lipinski definition) is 3. The molecule has 0 amide bonds. The lowest BCUT2D eigenvalue weighted by Crippen LogP contribution is -2.46. The molecule has 0 aliphatic heterocycles. The first-order valence-electron chi connectivity index (χ1n) is 11.1. The number of ether oxygens (including phenoxy) is 2. The first kappa shape index (κ1) is 22.7. The number of H-pyrrole nitrogens is 1. The number of nitrogens with one attached hydrogen (secondary N) is 2. The Morgan fingerprint density at radius 1 is 1.00 bits per heavy atom. The maximum atomic E-state index is 10.6. The molecule has 1 aromatic heterocycles. The number of aromatic nitrogens is 1. The van der Waals surface area contributed by atoms with Gasteiger partial charge >= 0.3 is 0 Å². The average Bonchev–Trinajstić information content (AvgIpc) is 3.20. The van der Waals surface area contributed by atoms with E-state index in [-0.39, 0.29) is 18.8 Å². The second kappa shape index (κ2) is 9.95. The van der Waals surface area contributed by atoms with E-state index in [1.807, 2.05) is 66.7 Å². The van der Waals surface area contributed by atoms with Crippen molar-refractivity contribution in [3.8, 4) is 17.6 Å². The van der Waals surface area contributed by atoms with Gasteiger partial charge in [-0.25, -0.2) is 0 Å². The summed E-state index contributed by atoms with van der Waals surface area (Å²) < 4.78 is 11.3. The SMILES string of the molecule is CC(C)(Cc1ccc(OCC#N)cc1)NCC(O)COc1cccc2[nH]c3ccccc3c12. The third kappa shape index (κ3) is 5.64. The van der Waals surface area contributed by atoms with Gasteiger partial charge in [0.15, 0.2) is 6.61 Å². The maximum Gasteiger partial charge on any atom is 0.174 e. The minimum atomic E-state index is -0.647. The second-order valence-corrected chi connectivity index (χ2v) is 8.85. The van der Waals surface area contributed by atoms with Gasteiger partial charge in [-0.05, 0) is 56.2 Å². The fourth-order valence-corrected chi connectivity index (χ4v) is 4.02. The zero-order valence-corrected chi connectivity index (χ0v) is 19.0. The van der Waals surface area contributed by atoms with Crippen molar-refractivity contribution in [1.82, 2.24) is 10.3 Å². The molecule has 33 heavy (non-hydrogen) atoms. The molecule has 0 fully saturated rings. The van der Waals surface area contributed by atoms with Crippen molar-refractivity contribution in [2.45, 2.75) is 31.9 Å². The van der Waals surface area contributed by atoms with Crippen LogP contribution in [0.4, 0.5) is 0 Å². The van der Waals surface area contributed by atoms with Crippen molar-refractivity contribution in [2.24, 2.45) is 0 Å². The zero-order valence-electron chi connectivity index (χ0n) is 19.0. The molecule has 3 aromatic carbocycles. The van der Waals surface area contributed by atoms with Gasteiger partial charge in [-0.2, -0.15) is 5.26 Å². The van der Waals surface area contributed by atoms with Crippen LogP contribution in [0.2, 0.25) is 0 Å². The van der Waals surface area contributed by atoms with Crippen LogP contribution < -0.4 is 14.8 Å². The molecule has 1 heterocycles. The van der Waals surface area contributed by atoms with Crippen LogP contribution in [0.15, 0.2) is 66.7 Å². The molecule has 4 aromatic rings. The van der Waals surface area contributed by atoms with Crippen LogP contribution in [0.3, 0.4) is 0 Å². The molecule has 0 saturated carbocycles. The average molecular weight is 444 g/mol. The van der Waals surface area contributed by atoms with E-state index in [9.17, 15) is 5.11 Å². The van der Waals surface area contributed by atoms with E-state index in [1.54, 1.807) is 0 Å². The summed E-state index contributed by atoms with van der Waals surface area (Å²) in [7, 11) is 0. The highest BCUT2D eigenvalue weighted by molar-refractivity contribution is 6.10. The predicted octanol–water partition coefficient (Wildman–Crippen LogP) is 4.57. The van der Waals surface area contributed by atoms with Crippen molar-refractivity contribution >= 4 is 21.8 Å². The van der Waals surface area contributed by atoms with Gasteiger partial charge in [0.05, 0.1) is 5.52 Å². The quantitative estimate of drug-likeness (QED) is 0.334. The highest BCUT2D eigenvalue weighted by Gasteiger charge is 2.20. The Labute approximate surface area is 193 Å². The van der Waals surface area contributed by atoms with Crippen molar-refractivity contribution in [3.05, 3.63) is 72.3 Å². The van der Waals surface area contributed by atoms with Gasteiger partial charge in [-0.1, -0.05) is 36.4 Å². The molecular weight excluding hydrogens is 414 g/mol. The normalized spacial score (nSPS) is 12.5. The molecule has 0 bridgehead atoms. The van der Waals surface area contributed by atoms with Gasteiger partial charge in [0.1, 0.15) is 30.3 Å². The Morgan fingerprint density at radius 3 is 2.55 bits per heavy atom. The molecule has 0 saturated heterocycles. The number of β-amino-alcohol motifs (C(OH)–C–C–N with tert-alkyl or cyclic N) is 1. The van der Waals surface area contributed by atoms with E-state index in [0.717, 1.165) is 39.5 Å². The molecule has 0 aliphatic rings. The molecule has 6 heteroatoms. The van der Waals surface area contributed by atoms with Gasteiger partial charge in [-0.3, -0.25) is 0 Å². The number of para-hydroxylation sites is 1. The summed E-state index contributed by atoms with van der Waals surface area (Å²) in [5.41, 5.74) is 3.02. The molecule has 1 atom stereocenters. The van der Waals surface area contributed by atoms with Crippen molar-refractivity contribution in [3.63, 3.8) is 0 Å². The molecule has 0 aliphatic carbocycles. The van der Waals surface area contributed by atoms with Crippen LogP contribution in [0.5, 0.6) is 11.5 Å². The standard InChI is InChI=1S/C27H29N3O3/c1-27(2,16-19-10-12-21(13-11-19)32-15-14-28)29-17-20(31)18-33-25-9-5-8-24-26(25)22-6-3-4-7-23(22)30-24/h3-13,20,29-31H,15-18H2,1-2H3. The predicted molar refractivity (Wildman–Crippen MR) is 131 cm³/mol. The number of nitriles is 1. The molecule has 0 spiro atoms. The highest BCUT2D eigenvalue weighted by atomic mass is 16.5. The van der Waals surface area contributed by atoms with Gasteiger partial charge in [0.2, 0.25) is 0 Å². The van der Waals surface area contributed by atoms with Gasteiger partial charge in [-0.15, -0.1) is 0 Å². The summed E-state index contributed by atoms with van der Waals surface area (Å²) in [6.45, 7) is 4.87. The fraction of sp³-hybridized carbons (Fsp3) is 0.296. The monoisotopic (exact) mass is 443 g/mol. The number of aliphatic hydroxyl groups is 1. The van der Waals surface area contributed by atoms with Crippen LogP contribution in [-0.2, 0) is 6.42 Å². The van der Waals surface area contributed by atoms with Crippen molar-refractivity contribution in [1.29, 1.82) is 5.26 Å². The van der Waals surface area contributed by atoms with E-state index >= 15 is 0 Å². The zero-order chi connectivity index (χ0) is 23.3. The van der Waals surface area contributed by atoms with Gasteiger partial charge < -0.3 is 24.9 Å². The van der Waals surface area contributed by atoms with E-state index in [2.05, 4.69) is 30.2 Å². The number of aromatic amines is 1. The summed E-state index contributed by atoms with van der Waals surface area (Å²) in [4.78, 5) is 3.41. The molecule has 0 radical (unpaired) electrons. The van der Waals surface area contributed by atoms with Crippen molar-refractivity contribution < 1.29 is 14.6 Å². The van der Waals surface area contributed by atoms with Gasteiger partial charge in [0.25, 0.3) is 0 Å². The molecule has 6 nitrogen and oxygen atoms in total. The third-order valence-corrected chi connectivity index (χ3v) is 5.61. The van der Waals surface area contributed by atoms with Crippen LogP contribution in [-0.4, -0.2) is 41.5 Å². The molecular formula is C27H29N3O3. The Balaban J connectivity index is 1.32. The maximum absolute atomic E-state index is 10.6. The Hall–Kier alpha value is -3.53. The smallest absolute Gasteiger partial charge is 0.174 e. The number of rotatable bonds is 10. The molecule has 1 unspecified atom stereocenters. The first-order valence-corrected chi connectivity index (χ1v) is 11.1. The summed E-state index contributed by atoms with van der Waals surface area (Å²) in [5.74, 6) is 1.45. The van der Waals surface area contributed by atoms with Crippen molar-refractivity contribution in [2.75, 3.05) is 19.8 Å². The van der Waals surface area contributed by atoms with E-state index < -0.39 is 6.10 Å². The summed E-state index contributed by atoms with van der Waals surface area (Å²) in [5, 5.41) is 24.8. The molecule has 3 N–H and O–H groups in total. The molecule has 4 rings (SSSR count). The second-order valence-electron chi connectivity index (χ2n) is 8.85. The number of hydrogen-bond acceptors (Lipinski definition) is 5. The number of nitrogens with zero attached hydrogens (tertiary/aromatic N) is 1. The third-order valence-electron chi connectivity index (χ3n) is 5.61. The van der Waals surface area contributed by atoms with Crippen LogP contribution in [0, 0.1) is 11.3 Å². The summed E-state index contributed by atoms with van der Waals surface area (Å²) >= 11 is 0. The van der Waals surface area contributed by atoms with E-state index in [0.29, 0.717) is 12.3 Å². The topological polar surface area (TPSA) is 90.3 Å². The lowest BCUT2D eigenvalue weighted by Gasteiger charge is -2.28. The van der Waals surface area contributed by atoms with E-state index in [4.69, 9.17) is 14.7 Å². The van der Waals surface area contributed by atoms with Crippen LogP contribution in [0.25, 0.3) is 21.8 Å².